The Morgan fingerprint density at radius 3 is 2.53 bits per heavy atom. The first-order chi connectivity index (χ1) is 16.5. The molecule has 3 aromatic heterocycles. The van der Waals surface area contributed by atoms with Crippen LogP contribution in [0.25, 0.3) is 11.0 Å². The van der Waals surface area contributed by atoms with Crippen LogP contribution in [0.15, 0.2) is 54.9 Å². The fourth-order valence-corrected chi connectivity index (χ4v) is 3.61. The highest BCUT2D eigenvalue weighted by atomic mass is 35.5. The van der Waals surface area contributed by atoms with E-state index >= 15 is 0 Å². The van der Waals surface area contributed by atoms with Crippen LogP contribution < -0.4 is 15.4 Å². The molecule has 0 saturated heterocycles. The van der Waals surface area contributed by atoms with Crippen molar-refractivity contribution >= 4 is 51.7 Å². The van der Waals surface area contributed by atoms with Gasteiger partial charge in [-0.25, -0.2) is 15.0 Å². The van der Waals surface area contributed by atoms with E-state index in [1.54, 1.807) is 0 Å². The highest BCUT2D eigenvalue weighted by Crippen LogP contribution is 2.28. The Morgan fingerprint density at radius 1 is 1.06 bits per heavy atom. The number of aromatic amines is 1. The van der Waals surface area contributed by atoms with Crippen LogP contribution in [0.5, 0.6) is 11.8 Å². The minimum absolute atomic E-state index is 0.244. The summed E-state index contributed by atoms with van der Waals surface area (Å²) >= 11 is 12.1. The third-order valence-corrected chi connectivity index (χ3v) is 5.85. The molecule has 172 valence electrons. The van der Waals surface area contributed by atoms with Crippen molar-refractivity contribution in [2.75, 3.05) is 10.6 Å². The van der Waals surface area contributed by atoms with E-state index in [2.05, 4.69) is 30.8 Å². The van der Waals surface area contributed by atoms with Crippen LogP contribution in [0.3, 0.4) is 0 Å². The lowest BCUT2D eigenvalue weighted by atomic mass is 10.2. The average Bonchev–Trinajstić information content (AvgIpc) is 3.33. The summed E-state index contributed by atoms with van der Waals surface area (Å²) in [5.41, 5.74) is 4.61. The average molecular weight is 495 g/mol. The van der Waals surface area contributed by atoms with Crippen LogP contribution in [-0.4, -0.2) is 29.7 Å². The fourth-order valence-electron chi connectivity index (χ4n) is 3.38. The van der Waals surface area contributed by atoms with E-state index in [0.717, 1.165) is 33.9 Å². The summed E-state index contributed by atoms with van der Waals surface area (Å²) in [6, 6.07) is 13.8. The minimum atomic E-state index is 0.244. The third kappa shape index (κ3) is 4.61. The Morgan fingerprint density at radius 2 is 1.82 bits per heavy atom. The molecule has 3 heterocycles. The standard InChI is InChI=1S/C23H20Cl2N8O/c1-13-20(25)21(32-31-13)29-16-5-8-18-19(9-16)33(2)22(30-18)26-10-14-3-6-17(7-4-14)34-23-27-11-15(24)12-28-23/h3-9,11-12H,10H2,1-2H3,(H,26,30)(H2,29,31,32). The van der Waals surface area contributed by atoms with E-state index in [1.165, 1.54) is 12.4 Å². The first-order valence-corrected chi connectivity index (χ1v) is 11.1. The Kier molecular flexibility index (Phi) is 5.95. The van der Waals surface area contributed by atoms with Crippen molar-refractivity contribution < 1.29 is 4.74 Å². The highest BCUT2D eigenvalue weighted by molar-refractivity contribution is 6.33. The summed E-state index contributed by atoms with van der Waals surface area (Å²) in [6.07, 6.45) is 2.98. The number of rotatable bonds is 7. The van der Waals surface area contributed by atoms with E-state index in [1.807, 2.05) is 61.0 Å². The number of aromatic nitrogens is 6. The molecule has 3 N–H and O–H groups in total. The molecule has 2 aromatic carbocycles. The molecule has 34 heavy (non-hydrogen) atoms. The first-order valence-electron chi connectivity index (χ1n) is 10.4. The second-order valence-electron chi connectivity index (χ2n) is 7.62. The molecule has 0 spiro atoms. The van der Waals surface area contributed by atoms with E-state index in [9.17, 15) is 0 Å². The summed E-state index contributed by atoms with van der Waals surface area (Å²) in [5.74, 6) is 1.99. The lowest BCUT2D eigenvalue weighted by molar-refractivity contribution is 0.441. The van der Waals surface area contributed by atoms with E-state index < -0.39 is 0 Å². The van der Waals surface area contributed by atoms with Crippen molar-refractivity contribution in [2.24, 2.45) is 7.05 Å². The summed E-state index contributed by atoms with van der Waals surface area (Å²) < 4.78 is 7.64. The van der Waals surface area contributed by atoms with E-state index in [-0.39, 0.29) is 6.01 Å². The molecular weight excluding hydrogens is 475 g/mol. The Balaban J connectivity index is 1.26. The Labute approximate surface area is 205 Å². The second-order valence-corrected chi connectivity index (χ2v) is 8.43. The van der Waals surface area contributed by atoms with Crippen molar-refractivity contribution in [1.29, 1.82) is 0 Å². The summed E-state index contributed by atoms with van der Waals surface area (Å²) in [6.45, 7) is 2.47. The predicted octanol–water partition coefficient (Wildman–Crippen LogP) is 5.85. The molecule has 5 aromatic rings. The maximum atomic E-state index is 6.26. The van der Waals surface area contributed by atoms with Gasteiger partial charge in [0.05, 0.1) is 34.1 Å². The van der Waals surface area contributed by atoms with Crippen molar-refractivity contribution in [2.45, 2.75) is 13.5 Å². The van der Waals surface area contributed by atoms with Gasteiger partial charge < -0.3 is 19.9 Å². The van der Waals surface area contributed by atoms with Crippen LogP contribution in [0.4, 0.5) is 17.5 Å². The molecule has 0 amide bonds. The number of hydrogen-bond acceptors (Lipinski definition) is 7. The van der Waals surface area contributed by atoms with Gasteiger partial charge in [0.25, 0.3) is 0 Å². The Hall–Kier alpha value is -3.82. The maximum Gasteiger partial charge on any atom is 0.321 e. The molecule has 0 aliphatic heterocycles. The van der Waals surface area contributed by atoms with Crippen LogP contribution in [0.1, 0.15) is 11.3 Å². The maximum absolute atomic E-state index is 6.26. The molecular formula is C23H20Cl2N8O. The van der Waals surface area contributed by atoms with Gasteiger partial charge >= 0.3 is 6.01 Å². The number of ether oxygens (including phenoxy) is 1. The molecule has 0 unspecified atom stereocenters. The highest BCUT2D eigenvalue weighted by Gasteiger charge is 2.11. The Bertz CT molecular complexity index is 1440. The van der Waals surface area contributed by atoms with Crippen LogP contribution in [0.2, 0.25) is 10.0 Å². The van der Waals surface area contributed by atoms with Gasteiger partial charge in [-0.2, -0.15) is 5.10 Å². The molecule has 9 nitrogen and oxygen atoms in total. The number of fused-ring (bicyclic) bond motifs is 1. The third-order valence-electron chi connectivity index (χ3n) is 5.20. The van der Waals surface area contributed by atoms with E-state index in [0.29, 0.717) is 28.2 Å². The predicted molar refractivity (Wildman–Crippen MR) is 133 cm³/mol. The van der Waals surface area contributed by atoms with Gasteiger partial charge in [0, 0.05) is 19.3 Å². The van der Waals surface area contributed by atoms with Gasteiger partial charge in [-0.1, -0.05) is 35.3 Å². The number of nitrogens with one attached hydrogen (secondary N) is 3. The topological polar surface area (TPSA) is 106 Å². The largest absolute Gasteiger partial charge is 0.424 e. The van der Waals surface area contributed by atoms with Crippen molar-refractivity contribution in [1.82, 2.24) is 29.7 Å². The van der Waals surface area contributed by atoms with Gasteiger partial charge in [0.1, 0.15) is 10.8 Å². The fraction of sp³-hybridized carbons (Fsp3) is 0.130. The first kappa shape index (κ1) is 22.0. The zero-order chi connectivity index (χ0) is 23.7. The lowest BCUT2D eigenvalue weighted by Crippen LogP contribution is -2.05. The summed E-state index contributed by atoms with van der Waals surface area (Å²) in [7, 11) is 1.97. The number of anilines is 3. The second kappa shape index (κ2) is 9.20. The van der Waals surface area contributed by atoms with Crippen LogP contribution >= 0.6 is 23.2 Å². The molecule has 5 rings (SSSR count). The van der Waals surface area contributed by atoms with Crippen molar-refractivity contribution in [3.05, 3.63) is 76.2 Å². The summed E-state index contributed by atoms with van der Waals surface area (Å²) in [5, 5.41) is 14.7. The number of nitrogens with zero attached hydrogens (tertiary/aromatic N) is 5. The number of H-pyrrole nitrogens is 1. The quantitative estimate of drug-likeness (QED) is 0.260. The van der Waals surface area contributed by atoms with Gasteiger partial charge in [-0.05, 0) is 42.8 Å². The molecule has 0 radical (unpaired) electrons. The van der Waals surface area contributed by atoms with Gasteiger partial charge in [-0.15, -0.1) is 0 Å². The van der Waals surface area contributed by atoms with Gasteiger partial charge in [0.2, 0.25) is 5.95 Å². The molecule has 0 atom stereocenters. The van der Waals surface area contributed by atoms with Crippen LogP contribution in [0, 0.1) is 6.92 Å². The SMILES string of the molecule is Cc1[nH]nc(Nc2ccc3nc(NCc4ccc(Oc5ncc(Cl)cn5)cc4)n(C)c3c2)c1Cl. The molecule has 0 aliphatic rings. The molecule has 0 fully saturated rings. The molecule has 0 bridgehead atoms. The monoisotopic (exact) mass is 494 g/mol. The number of aryl methyl sites for hydroxylation is 2. The zero-order valence-electron chi connectivity index (χ0n) is 18.3. The normalized spacial score (nSPS) is 11.1. The minimum Gasteiger partial charge on any atom is -0.424 e. The summed E-state index contributed by atoms with van der Waals surface area (Å²) in [4.78, 5) is 12.8. The number of halogens is 2. The van der Waals surface area contributed by atoms with Crippen molar-refractivity contribution in [3.8, 4) is 11.8 Å². The smallest absolute Gasteiger partial charge is 0.321 e. The molecule has 0 saturated carbocycles. The number of benzene rings is 2. The zero-order valence-corrected chi connectivity index (χ0v) is 19.8. The van der Waals surface area contributed by atoms with E-state index in [4.69, 9.17) is 32.9 Å². The number of imidazole rings is 1. The van der Waals surface area contributed by atoms with Crippen molar-refractivity contribution in [3.63, 3.8) is 0 Å². The van der Waals surface area contributed by atoms with Gasteiger partial charge in [-0.3, -0.25) is 5.10 Å². The van der Waals surface area contributed by atoms with Gasteiger partial charge in [0.15, 0.2) is 5.82 Å². The molecule has 11 heteroatoms. The molecule has 0 aliphatic carbocycles. The number of hydrogen-bond donors (Lipinski definition) is 3. The van der Waals surface area contributed by atoms with Crippen LogP contribution in [-0.2, 0) is 13.6 Å². The lowest BCUT2D eigenvalue weighted by Gasteiger charge is -2.08.